The van der Waals surface area contributed by atoms with Gasteiger partial charge in [0.25, 0.3) is 0 Å². The molecule has 0 aromatic carbocycles. The zero-order valence-electron chi connectivity index (χ0n) is 43.2. The molecule has 0 bridgehead atoms. The van der Waals surface area contributed by atoms with Crippen LogP contribution in [-0.2, 0) is 23.8 Å². The Morgan fingerprint density at radius 2 is 0.682 bits per heavy atom. The van der Waals surface area contributed by atoms with Crippen molar-refractivity contribution in [1.82, 2.24) is 0 Å². The van der Waals surface area contributed by atoms with Crippen LogP contribution < -0.4 is 0 Å². The largest absolute Gasteiger partial charge is 0.462 e. The first kappa shape index (κ1) is 62.6. The monoisotopic (exact) mass is 915 g/mol. The van der Waals surface area contributed by atoms with Crippen LogP contribution in [0.3, 0.4) is 0 Å². The fourth-order valence-electron chi connectivity index (χ4n) is 7.25. The predicted molar refractivity (Wildman–Crippen MR) is 288 cm³/mol. The first-order valence-electron chi connectivity index (χ1n) is 27.4. The second kappa shape index (κ2) is 55.9. The standard InChI is InChI=1S/C61H102O5/c1-4-7-10-13-16-19-22-25-28-30-32-35-38-41-44-47-50-53-56-64-57-59(66-61(63)55-52-49-46-43-40-37-33-27-24-21-18-15-12-9-6-3)58-65-60(62)54-51-48-45-42-39-36-34-31-29-26-23-20-17-14-11-8-5-2/h7-8,10-11,16-21,25-29,32-33,35,59H,4-6,9,12-15,22-24,30-31,34,36-58H2,1-3H3/b10-7-,11-8-,19-16-,20-17-,21-18-,28-25-,29-26-,33-27-,35-32-. The van der Waals surface area contributed by atoms with E-state index in [1.54, 1.807) is 0 Å². The van der Waals surface area contributed by atoms with Crippen molar-refractivity contribution < 1.29 is 23.8 Å². The van der Waals surface area contributed by atoms with E-state index in [0.29, 0.717) is 19.4 Å². The number of carbonyl (C=O) groups is 2. The lowest BCUT2D eigenvalue weighted by molar-refractivity contribution is -0.163. The maximum Gasteiger partial charge on any atom is 0.306 e. The minimum atomic E-state index is -0.565. The third kappa shape index (κ3) is 53.2. The van der Waals surface area contributed by atoms with Crippen LogP contribution in [0.2, 0.25) is 0 Å². The zero-order valence-corrected chi connectivity index (χ0v) is 43.2. The van der Waals surface area contributed by atoms with Crippen LogP contribution in [0.4, 0.5) is 0 Å². The smallest absolute Gasteiger partial charge is 0.306 e. The fourth-order valence-corrected chi connectivity index (χ4v) is 7.25. The highest BCUT2D eigenvalue weighted by Gasteiger charge is 2.17. The van der Waals surface area contributed by atoms with Gasteiger partial charge in [-0.05, 0) is 122 Å². The highest BCUT2D eigenvalue weighted by molar-refractivity contribution is 5.70. The summed E-state index contributed by atoms with van der Waals surface area (Å²) in [6, 6.07) is 0. The van der Waals surface area contributed by atoms with Gasteiger partial charge in [-0.15, -0.1) is 0 Å². The number of ether oxygens (including phenoxy) is 3. The van der Waals surface area contributed by atoms with E-state index in [4.69, 9.17) is 14.2 Å². The molecule has 0 N–H and O–H groups in total. The number of rotatable bonds is 49. The Labute approximate surface area is 408 Å². The first-order chi connectivity index (χ1) is 32.6. The van der Waals surface area contributed by atoms with Gasteiger partial charge < -0.3 is 14.2 Å². The van der Waals surface area contributed by atoms with Gasteiger partial charge in [0.05, 0.1) is 6.61 Å². The SMILES string of the molecule is CC/C=C\C/C=C\C/C=C\C/C=C\CCCCCCCOCC(COC(=O)CCCCCCCCC/C=C\C/C=C\C/C=C\CC)OC(=O)CCCCCCC/C=C\C/C=C\CCCCC. The molecule has 0 rings (SSSR count). The second-order valence-corrected chi connectivity index (χ2v) is 17.7. The molecule has 1 unspecified atom stereocenters. The van der Waals surface area contributed by atoms with Gasteiger partial charge in [0, 0.05) is 19.4 Å². The fraction of sp³-hybridized carbons (Fsp3) is 0.672. The molecular formula is C61H102O5. The summed E-state index contributed by atoms with van der Waals surface area (Å²) >= 11 is 0. The van der Waals surface area contributed by atoms with Gasteiger partial charge in [-0.2, -0.15) is 0 Å². The topological polar surface area (TPSA) is 61.8 Å². The average molecular weight is 915 g/mol. The predicted octanol–water partition coefficient (Wildman–Crippen LogP) is 18.8. The summed E-state index contributed by atoms with van der Waals surface area (Å²) in [5.74, 6) is -0.438. The minimum absolute atomic E-state index is 0.0606. The molecule has 0 saturated carbocycles. The van der Waals surface area contributed by atoms with Crippen molar-refractivity contribution in [2.75, 3.05) is 19.8 Å². The minimum Gasteiger partial charge on any atom is -0.462 e. The molecule has 1 atom stereocenters. The Morgan fingerprint density at radius 1 is 0.348 bits per heavy atom. The van der Waals surface area contributed by atoms with Crippen molar-refractivity contribution in [3.05, 3.63) is 109 Å². The molecule has 376 valence electrons. The van der Waals surface area contributed by atoms with Gasteiger partial charge in [0.15, 0.2) is 6.10 Å². The maximum atomic E-state index is 12.8. The number of hydrogen-bond acceptors (Lipinski definition) is 5. The van der Waals surface area contributed by atoms with Crippen LogP contribution in [0.25, 0.3) is 0 Å². The summed E-state index contributed by atoms with van der Waals surface area (Å²) in [7, 11) is 0. The maximum absolute atomic E-state index is 12.8. The summed E-state index contributed by atoms with van der Waals surface area (Å²) in [6.07, 6.45) is 76.7. The summed E-state index contributed by atoms with van der Waals surface area (Å²) in [5.41, 5.74) is 0. The van der Waals surface area contributed by atoms with E-state index in [1.165, 1.54) is 83.5 Å². The second-order valence-electron chi connectivity index (χ2n) is 17.7. The molecule has 0 aliphatic carbocycles. The number of unbranched alkanes of at least 4 members (excludes halogenated alkanes) is 20. The van der Waals surface area contributed by atoms with Crippen molar-refractivity contribution in [2.45, 2.75) is 245 Å². The molecule has 0 aliphatic heterocycles. The lowest BCUT2D eigenvalue weighted by Gasteiger charge is -2.18. The van der Waals surface area contributed by atoms with Gasteiger partial charge in [0.1, 0.15) is 6.61 Å². The molecule has 0 fully saturated rings. The number of carbonyl (C=O) groups excluding carboxylic acids is 2. The molecule has 0 aromatic heterocycles. The van der Waals surface area contributed by atoms with Gasteiger partial charge >= 0.3 is 11.9 Å². The third-order valence-corrected chi connectivity index (χ3v) is 11.3. The normalized spacial score (nSPS) is 13.1. The number of esters is 2. The molecule has 0 radical (unpaired) electrons. The highest BCUT2D eigenvalue weighted by atomic mass is 16.6. The summed E-state index contributed by atoms with van der Waals surface area (Å²) in [5, 5.41) is 0. The first-order valence-corrected chi connectivity index (χ1v) is 27.4. The molecule has 0 spiro atoms. The Kier molecular flexibility index (Phi) is 53.0. The van der Waals surface area contributed by atoms with E-state index >= 15 is 0 Å². The lowest BCUT2D eigenvalue weighted by Crippen LogP contribution is -2.30. The number of allylic oxidation sites excluding steroid dienone is 18. The van der Waals surface area contributed by atoms with E-state index in [0.717, 1.165) is 122 Å². The van der Waals surface area contributed by atoms with Gasteiger partial charge in [-0.1, -0.05) is 214 Å². The average Bonchev–Trinajstić information content (AvgIpc) is 3.32. The molecule has 0 amide bonds. The van der Waals surface area contributed by atoms with Crippen LogP contribution >= 0.6 is 0 Å². The van der Waals surface area contributed by atoms with E-state index in [1.807, 2.05) is 0 Å². The van der Waals surface area contributed by atoms with Crippen LogP contribution in [-0.4, -0.2) is 37.9 Å². The van der Waals surface area contributed by atoms with Crippen molar-refractivity contribution in [2.24, 2.45) is 0 Å². The third-order valence-electron chi connectivity index (χ3n) is 11.3. The molecule has 66 heavy (non-hydrogen) atoms. The van der Waals surface area contributed by atoms with E-state index in [2.05, 4.69) is 130 Å². The lowest BCUT2D eigenvalue weighted by atomic mass is 10.1. The Balaban J connectivity index is 4.37. The molecule has 0 heterocycles. The van der Waals surface area contributed by atoms with Crippen LogP contribution in [0.1, 0.15) is 239 Å². The summed E-state index contributed by atoms with van der Waals surface area (Å²) in [4.78, 5) is 25.5. The van der Waals surface area contributed by atoms with Crippen molar-refractivity contribution in [3.63, 3.8) is 0 Å². The van der Waals surface area contributed by atoms with Crippen LogP contribution in [0.5, 0.6) is 0 Å². The molecule has 5 nitrogen and oxygen atoms in total. The van der Waals surface area contributed by atoms with Crippen molar-refractivity contribution in [1.29, 1.82) is 0 Å². The van der Waals surface area contributed by atoms with E-state index in [9.17, 15) is 9.59 Å². The van der Waals surface area contributed by atoms with Crippen LogP contribution in [0.15, 0.2) is 109 Å². The zero-order chi connectivity index (χ0) is 47.7. The highest BCUT2D eigenvalue weighted by Crippen LogP contribution is 2.13. The quantitative estimate of drug-likeness (QED) is 0.0346. The molecular weight excluding hydrogens is 813 g/mol. The summed E-state index contributed by atoms with van der Waals surface area (Å²) in [6.45, 7) is 7.51. The Hall–Kier alpha value is -3.44. The Bertz CT molecular complexity index is 1310. The van der Waals surface area contributed by atoms with E-state index in [-0.39, 0.29) is 25.2 Å². The molecule has 5 heteroatoms. The number of hydrogen-bond donors (Lipinski definition) is 0. The Morgan fingerprint density at radius 3 is 1.09 bits per heavy atom. The molecule has 0 aromatic rings. The molecule has 0 aliphatic rings. The summed E-state index contributed by atoms with van der Waals surface area (Å²) < 4.78 is 17.4. The van der Waals surface area contributed by atoms with Gasteiger partial charge in [0.2, 0.25) is 0 Å². The van der Waals surface area contributed by atoms with Crippen LogP contribution in [0, 0.1) is 0 Å². The van der Waals surface area contributed by atoms with Crippen molar-refractivity contribution in [3.8, 4) is 0 Å². The molecule has 0 saturated heterocycles. The van der Waals surface area contributed by atoms with E-state index < -0.39 is 6.10 Å². The van der Waals surface area contributed by atoms with Crippen molar-refractivity contribution >= 4 is 11.9 Å². The van der Waals surface area contributed by atoms with Gasteiger partial charge in [-0.25, -0.2) is 0 Å². The van der Waals surface area contributed by atoms with Gasteiger partial charge in [-0.3, -0.25) is 9.59 Å².